The fourth-order valence-electron chi connectivity index (χ4n) is 2.48. The number of rotatable bonds is 8. The topological polar surface area (TPSA) is 84.0 Å². The number of amides is 2. The van der Waals surface area contributed by atoms with Gasteiger partial charge in [-0.25, -0.2) is 0 Å². The van der Waals surface area contributed by atoms with Crippen molar-refractivity contribution in [1.82, 2.24) is 10.2 Å². The Labute approximate surface area is 220 Å². The van der Waals surface area contributed by atoms with E-state index in [2.05, 4.69) is 66.0 Å². The van der Waals surface area contributed by atoms with Crippen LogP contribution in [0.15, 0.2) is 45.1 Å². The van der Waals surface area contributed by atoms with E-state index in [0.717, 1.165) is 29.6 Å². The lowest BCUT2D eigenvalue weighted by Crippen LogP contribution is -2.14. The molecule has 11 heteroatoms. The third kappa shape index (κ3) is 7.87. The van der Waals surface area contributed by atoms with E-state index in [0.29, 0.717) is 8.68 Å². The molecule has 0 aliphatic heterocycles. The van der Waals surface area contributed by atoms with Crippen LogP contribution in [-0.2, 0) is 9.59 Å². The van der Waals surface area contributed by atoms with Crippen molar-refractivity contribution in [3.8, 4) is 0 Å². The van der Waals surface area contributed by atoms with E-state index in [1.807, 2.05) is 50.2 Å². The molecule has 2 N–H and O–H groups in total. The van der Waals surface area contributed by atoms with Crippen molar-refractivity contribution in [1.29, 1.82) is 0 Å². The highest BCUT2D eigenvalue weighted by molar-refractivity contribution is 14.1. The number of anilines is 2. The van der Waals surface area contributed by atoms with Gasteiger partial charge in [0.2, 0.25) is 11.8 Å². The molecule has 162 valence electrons. The van der Waals surface area contributed by atoms with Crippen LogP contribution in [-0.4, -0.2) is 33.5 Å². The van der Waals surface area contributed by atoms with Crippen molar-refractivity contribution >= 4 is 103 Å². The zero-order valence-electron chi connectivity index (χ0n) is 16.6. The number of aryl methyl sites for hydroxylation is 2. The second-order valence-corrected chi connectivity index (χ2v) is 12.3. The van der Waals surface area contributed by atoms with Gasteiger partial charge in [-0.15, -0.1) is 10.2 Å². The van der Waals surface area contributed by atoms with E-state index in [9.17, 15) is 9.59 Å². The van der Waals surface area contributed by atoms with Gasteiger partial charge in [0.1, 0.15) is 0 Å². The van der Waals surface area contributed by atoms with Crippen LogP contribution >= 0.6 is 80.0 Å². The molecule has 0 saturated carbocycles. The third-order valence-electron chi connectivity index (χ3n) is 3.97. The van der Waals surface area contributed by atoms with E-state index in [-0.39, 0.29) is 23.3 Å². The van der Waals surface area contributed by atoms with Gasteiger partial charge in [-0.1, -0.05) is 34.9 Å². The molecule has 0 saturated heterocycles. The highest BCUT2D eigenvalue weighted by Crippen LogP contribution is 2.29. The van der Waals surface area contributed by atoms with E-state index >= 15 is 0 Å². The van der Waals surface area contributed by atoms with Gasteiger partial charge in [0.25, 0.3) is 0 Å². The highest BCUT2D eigenvalue weighted by atomic mass is 127. The molecular formula is C20H18I2N4O2S3. The summed E-state index contributed by atoms with van der Waals surface area (Å²) in [5.74, 6) is 0.311. The minimum Gasteiger partial charge on any atom is -0.325 e. The molecule has 1 aromatic heterocycles. The number of hydrogen-bond acceptors (Lipinski definition) is 7. The molecule has 0 fully saturated rings. The van der Waals surface area contributed by atoms with Crippen molar-refractivity contribution < 1.29 is 9.59 Å². The van der Waals surface area contributed by atoms with Crippen LogP contribution in [0.25, 0.3) is 0 Å². The van der Waals surface area contributed by atoms with Gasteiger partial charge in [0, 0.05) is 18.5 Å². The number of carbonyl (C=O) groups is 2. The molecule has 0 radical (unpaired) electrons. The van der Waals surface area contributed by atoms with Crippen molar-refractivity contribution in [2.45, 2.75) is 22.5 Å². The van der Waals surface area contributed by atoms with Gasteiger partial charge >= 0.3 is 0 Å². The van der Waals surface area contributed by atoms with E-state index in [1.165, 1.54) is 34.9 Å². The number of nitrogens with zero attached hydrogens (tertiary/aromatic N) is 2. The van der Waals surface area contributed by atoms with Gasteiger partial charge in [0.05, 0.1) is 11.5 Å². The number of nitrogens with one attached hydrogen (secondary N) is 2. The lowest BCUT2D eigenvalue weighted by molar-refractivity contribution is -0.114. The number of hydrogen-bond donors (Lipinski definition) is 2. The minimum absolute atomic E-state index is 0.0917. The smallest absolute Gasteiger partial charge is 0.234 e. The molecule has 0 bridgehead atoms. The van der Waals surface area contributed by atoms with Crippen molar-refractivity contribution in [2.75, 3.05) is 22.1 Å². The maximum atomic E-state index is 12.2. The van der Waals surface area contributed by atoms with Gasteiger partial charge < -0.3 is 10.6 Å². The largest absolute Gasteiger partial charge is 0.325 e. The van der Waals surface area contributed by atoms with Crippen LogP contribution in [0.3, 0.4) is 0 Å². The maximum absolute atomic E-state index is 12.2. The Morgan fingerprint density at radius 1 is 0.839 bits per heavy atom. The summed E-state index contributed by atoms with van der Waals surface area (Å²) >= 11 is 8.54. The van der Waals surface area contributed by atoms with Crippen LogP contribution < -0.4 is 10.6 Å². The number of aromatic nitrogens is 2. The summed E-state index contributed by atoms with van der Waals surface area (Å²) in [5.41, 5.74) is 3.68. The summed E-state index contributed by atoms with van der Waals surface area (Å²) in [5, 5.41) is 14.1. The Kier molecular flexibility index (Phi) is 9.43. The molecule has 3 rings (SSSR count). The summed E-state index contributed by atoms with van der Waals surface area (Å²) in [6, 6.07) is 11.8. The Hall–Kier alpha value is -0.900. The molecule has 2 aromatic carbocycles. The first kappa shape index (κ1) is 24.7. The Balaban J connectivity index is 1.44. The lowest BCUT2D eigenvalue weighted by atomic mass is 10.2. The third-order valence-corrected chi connectivity index (χ3v) is 8.50. The Morgan fingerprint density at radius 3 is 1.65 bits per heavy atom. The predicted molar refractivity (Wildman–Crippen MR) is 146 cm³/mol. The van der Waals surface area contributed by atoms with Crippen molar-refractivity contribution in [3.05, 3.63) is 54.7 Å². The second kappa shape index (κ2) is 11.8. The number of thioether (sulfide) groups is 2. The van der Waals surface area contributed by atoms with Gasteiger partial charge in [-0.2, -0.15) is 0 Å². The zero-order chi connectivity index (χ0) is 22.4. The average Bonchev–Trinajstić information content (AvgIpc) is 3.17. The summed E-state index contributed by atoms with van der Waals surface area (Å²) in [6.07, 6.45) is 0. The van der Waals surface area contributed by atoms with E-state index < -0.39 is 0 Å². The quantitative estimate of drug-likeness (QED) is 0.228. The standard InChI is InChI=1S/C20H18I2N4O2S3/c1-11-7-13(21)3-5-15(11)23-17(27)9-29-19-25-26-20(31-19)30-10-18(28)24-16-6-4-14(22)8-12(16)2/h3-8H,9-10H2,1-2H3,(H,23,27)(H,24,28). The van der Waals surface area contributed by atoms with Gasteiger partial charge in [0.15, 0.2) is 8.68 Å². The fraction of sp³-hybridized carbons (Fsp3) is 0.200. The number of halogens is 2. The predicted octanol–water partition coefficient (Wildman–Crippen LogP) is 5.83. The van der Waals surface area contributed by atoms with Crippen LogP contribution in [0.4, 0.5) is 11.4 Å². The molecule has 31 heavy (non-hydrogen) atoms. The number of carbonyl (C=O) groups excluding carboxylic acids is 2. The van der Waals surface area contributed by atoms with Crippen LogP contribution in [0, 0.1) is 21.0 Å². The molecule has 6 nitrogen and oxygen atoms in total. The average molecular weight is 696 g/mol. The molecule has 0 unspecified atom stereocenters. The Bertz CT molecular complexity index is 1020. The molecule has 0 spiro atoms. The first-order valence-electron chi connectivity index (χ1n) is 9.01. The first-order valence-corrected chi connectivity index (χ1v) is 14.0. The lowest BCUT2D eigenvalue weighted by Gasteiger charge is -2.08. The summed E-state index contributed by atoms with van der Waals surface area (Å²) in [7, 11) is 0. The minimum atomic E-state index is -0.0917. The van der Waals surface area contributed by atoms with E-state index in [4.69, 9.17) is 0 Å². The fourth-order valence-corrected chi connectivity index (χ4v) is 6.39. The maximum Gasteiger partial charge on any atom is 0.234 e. The molecule has 0 atom stereocenters. The molecule has 3 aromatic rings. The summed E-state index contributed by atoms with van der Waals surface area (Å²) in [6.45, 7) is 3.93. The van der Waals surface area contributed by atoms with Crippen LogP contribution in [0.5, 0.6) is 0 Å². The monoisotopic (exact) mass is 696 g/mol. The van der Waals surface area contributed by atoms with Gasteiger partial charge in [-0.05, 0) is 107 Å². The van der Waals surface area contributed by atoms with Crippen LogP contribution in [0.2, 0.25) is 0 Å². The molecule has 2 amide bonds. The molecule has 0 aliphatic rings. The first-order chi connectivity index (χ1) is 14.8. The molecular weight excluding hydrogens is 678 g/mol. The normalized spacial score (nSPS) is 10.7. The van der Waals surface area contributed by atoms with Crippen molar-refractivity contribution in [2.24, 2.45) is 0 Å². The zero-order valence-corrected chi connectivity index (χ0v) is 23.3. The number of benzene rings is 2. The van der Waals surface area contributed by atoms with E-state index in [1.54, 1.807) is 0 Å². The molecule has 1 heterocycles. The van der Waals surface area contributed by atoms with Crippen molar-refractivity contribution in [3.63, 3.8) is 0 Å². The second-order valence-electron chi connectivity index (χ2n) is 6.43. The SMILES string of the molecule is Cc1cc(I)ccc1NC(=O)CSc1nnc(SCC(=O)Nc2ccc(I)cc2C)s1. The Morgan fingerprint density at radius 2 is 1.26 bits per heavy atom. The van der Waals surface area contributed by atoms with Crippen LogP contribution in [0.1, 0.15) is 11.1 Å². The van der Waals surface area contributed by atoms with Gasteiger partial charge in [-0.3, -0.25) is 9.59 Å². The summed E-state index contributed by atoms with van der Waals surface area (Å²) in [4.78, 5) is 24.5. The highest BCUT2D eigenvalue weighted by Gasteiger charge is 2.12. The molecule has 0 aliphatic carbocycles. The summed E-state index contributed by atoms with van der Waals surface area (Å²) < 4.78 is 3.66.